The fourth-order valence-corrected chi connectivity index (χ4v) is 6.86. The van der Waals surface area contributed by atoms with Gasteiger partial charge in [0.1, 0.15) is 22.7 Å². The van der Waals surface area contributed by atoms with Crippen molar-refractivity contribution in [3.63, 3.8) is 0 Å². The Balaban J connectivity index is 1.53. The van der Waals surface area contributed by atoms with Crippen molar-refractivity contribution in [1.29, 1.82) is 0 Å². The van der Waals surface area contributed by atoms with E-state index < -0.39 is 5.82 Å². The Morgan fingerprint density at radius 1 is 1.15 bits per heavy atom. The third-order valence-corrected chi connectivity index (χ3v) is 9.04. The number of hydrogen-bond donors (Lipinski definition) is 1. The van der Waals surface area contributed by atoms with Crippen LogP contribution in [0.5, 0.6) is 5.75 Å². The molecule has 4 aromatic heterocycles. The SMILES string of the molecule is COc1ccc(-c2nn([C@H](c3cc4scc(C)n4c(=O)c3-c3cccc(P)c3)C3CC3)c3ncnc(N)c23)cc1F. The van der Waals surface area contributed by atoms with E-state index in [0.29, 0.717) is 27.9 Å². The molecule has 0 aliphatic heterocycles. The number of nitrogens with zero attached hydrogens (tertiary/aromatic N) is 5. The minimum atomic E-state index is -0.506. The highest BCUT2D eigenvalue weighted by Gasteiger charge is 2.39. The van der Waals surface area contributed by atoms with Gasteiger partial charge in [0.05, 0.1) is 24.1 Å². The predicted molar refractivity (Wildman–Crippen MR) is 164 cm³/mol. The van der Waals surface area contributed by atoms with Crippen LogP contribution in [0.2, 0.25) is 0 Å². The molecule has 2 N–H and O–H groups in total. The molecule has 2 atom stereocenters. The molecular formula is C30H26FN6O2PS. The van der Waals surface area contributed by atoms with E-state index in [9.17, 15) is 9.18 Å². The molecule has 0 amide bonds. The average Bonchev–Trinajstić information content (AvgIpc) is 3.61. The molecule has 206 valence electrons. The first-order valence-corrected chi connectivity index (χ1v) is 14.6. The minimum Gasteiger partial charge on any atom is -0.494 e. The van der Waals surface area contributed by atoms with Crippen LogP contribution in [0.3, 0.4) is 0 Å². The van der Waals surface area contributed by atoms with Gasteiger partial charge in [-0.1, -0.05) is 18.2 Å². The standard InChI is InChI=1S/C30H26FN6O2PS/c1-15-13-41-23-12-20(24(30(38)36(15)23)17-4-3-5-19(40)10-17)27(16-6-7-16)37-29-25(28(32)33-14-34-29)26(35-37)18-8-9-22(39-2)21(31)11-18/h3-5,8-14,16,27H,6-7,40H2,1-2H3,(H2,32,33,34)/t27-/m0/s1. The number of hydrogen-bond acceptors (Lipinski definition) is 7. The van der Waals surface area contributed by atoms with Gasteiger partial charge in [0.2, 0.25) is 0 Å². The van der Waals surface area contributed by atoms with Crippen molar-refractivity contribution in [3.8, 4) is 28.1 Å². The largest absolute Gasteiger partial charge is 0.494 e. The Bertz CT molecular complexity index is 2050. The molecule has 7 rings (SSSR count). The monoisotopic (exact) mass is 584 g/mol. The molecule has 4 heterocycles. The second kappa shape index (κ2) is 9.75. The molecule has 0 spiro atoms. The summed E-state index contributed by atoms with van der Waals surface area (Å²) in [6.07, 6.45) is 3.37. The first kappa shape index (κ1) is 25.8. The summed E-state index contributed by atoms with van der Waals surface area (Å²) in [7, 11) is 4.14. The van der Waals surface area contributed by atoms with Gasteiger partial charge in [-0.25, -0.2) is 19.0 Å². The number of halogens is 1. The van der Waals surface area contributed by atoms with Crippen LogP contribution in [0.25, 0.3) is 38.2 Å². The third-order valence-electron chi connectivity index (χ3n) is 7.68. The van der Waals surface area contributed by atoms with Crippen molar-refractivity contribution in [2.24, 2.45) is 5.92 Å². The lowest BCUT2D eigenvalue weighted by atomic mass is 9.93. The molecule has 41 heavy (non-hydrogen) atoms. The number of benzene rings is 2. The van der Waals surface area contributed by atoms with E-state index in [4.69, 9.17) is 15.6 Å². The second-order valence-electron chi connectivity index (χ2n) is 10.3. The maximum absolute atomic E-state index is 14.8. The summed E-state index contributed by atoms with van der Waals surface area (Å²) >= 11 is 1.54. The first-order chi connectivity index (χ1) is 19.9. The number of anilines is 1. The molecule has 0 bridgehead atoms. The van der Waals surface area contributed by atoms with Crippen molar-refractivity contribution >= 4 is 47.6 Å². The van der Waals surface area contributed by atoms with Gasteiger partial charge in [-0.05, 0) is 72.4 Å². The molecule has 8 nitrogen and oxygen atoms in total. The number of thiazole rings is 1. The molecule has 0 radical (unpaired) electrons. The topological polar surface area (TPSA) is 100 Å². The van der Waals surface area contributed by atoms with E-state index >= 15 is 0 Å². The van der Waals surface area contributed by atoms with E-state index in [-0.39, 0.29) is 29.1 Å². The van der Waals surface area contributed by atoms with Crippen LogP contribution in [0, 0.1) is 18.7 Å². The zero-order valence-electron chi connectivity index (χ0n) is 22.3. The van der Waals surface area contributed by atoms with Crippen molar-refractivity contribution in [2.45, 2.75) is 25.8 Å². The Hall–Kier alpha value is -4.14. The average molecular weight is 585 g/mol. The number of fused-ring (bicyclic) bond motifs is 2. The van der Waals surface area contributed by atoms with Crippen LogP contribution in [0.15, 0.2) is 65.0 Å². The summed E-state index contributed by atoms with van der Waals surface area (Å²) in [5, 5.41) is 8.56. The Morgan fingerprint density at radius 2 is 1.98 bits per heavy atom. The molecule has 1 aliphatic carbocycles. The highest BCUT2D eigenvalue weighted by atomic mass is 32.1. The lowest BCUT2D eigenvalue weighted by molar-refractivity contribution is 0.386. The summed E-state index contributed by atoms with van der Waals surface area (Å²) in [6, 6.07) is 14.4. The number of rotatable bonds is 6. The second-order valence-corrected chi connectivity index (χ2v) is 11.9. The van der Waals surface area contributed by atoms with E-state index in [1.165, 1.54) is 30.8 Å². The predicted octanol–water partition coefficient (Wildman–Crippen LogP) is 5.37. The Morgan fingerprint density at radius 3 is 2.71 bits per heavy atom. The zero-order valence-corrected chi connectivity index (χ0v) is 24.3. The maximum atomic E-state index is 14.8. The van der Waals surface area contributed by atoms with Gasteiger partial charge in [0.15, 0.2) is 17.2 Å². The van der Waals surface area contributed by atoms with E-state index in [1.807, 2.05) is 41.3 Å². The third kappa shape index (κ3) is 4.21. The van der Waals surface area contributed by atoms with E-state index in [0.717, 1.165) is 39.8 Å². The van der Waals surface area contributed by atoms with Gasteiger partial charge < -0.3 is 10.5 Å². The highest BCUT2D eigenvalue weighted by molar-refractivity contribution is 7.27. The number of aryl methyl sites for hydroxylation is 1. The van der Waals surface area contributed by atoms with Crippen molar-refractivity contribution in [1.82, 2.24) is 24.1 Å². The number of methoxy groups -OCH3 is 1. The molecule has 1 unspecified atom stereocenters. The van der Waals surface area contributed by atoms with Gasteiger partial charge in [0.25, 0.3) is 5.56 Å². The molecule has 1 saturated carbocycles. The smallest absolute Gasteiger partial charge is 0.264 e. The molecule has 6 aromatic rings. The fraction of sp³-hybridized carbons (Fsp3) is 0.200. The van der Waals surface area contributed by atoms with Crippen molar-refractivity contribution < 1.29 is 9.13 Å². The molecule has 1 fully saturated rings. The lowest BCUT2D eigenvalue weighted by Crippen LogP contribution is -2.23. The summed E-state index contributed by atoms with van der Waals surface area (Å²) < 4.78 is 23.6. The molecule has 2 aromatic carbocycles. The van der Waals surface area contributed by atoms with Crippen LogP contribution >= 0.6 is 20.6 Å². The van der Waals surface area contributed by atoms with E-state index in [2.05, 4.69) is 25.3 Å². The van der Waals surface area contributed by atoms with Gasteiger partial charge in [-0.15, -0.1) is 20.6 Å². The number of nitrogen functional groups attached to an aromatic ring is 1. The summed E-state index contributed by atoms with van der Waals surface area (Å²) in [6.45, 7) is 1.94. The normalized spacial score (nSPS) is 14.1. The van der Waals surface area contributed by atoms with Crippen LogP contribution in [-0.4, -0.2) is 31.3 Å². The number of ether oxygens (including phenoxy) is 1. The fourth-order valence-electron chi connectivity index (χ4n) is 5.64. The Kier molecular flexibility index (Phi) is 6.14. The molecular weight excluding hydrogens is 558 g/mol. The molecule has 0 saturated heterocycles. The van der Waals surface area contributed by atoms with Crippen LogP contribution in [0.1, 0.15) is 30.1 Å². The lowest BCUT2D eigenvalue weighted by Gasteiger charge is -2.22. The Labute approximate surface area is 240 Å². The molecule has 11 heteroatoms. The molecule has 1 aliphatic rings. The van der Waals surface area contributed by atoms with Crippen molar-refractivity contribution in [2.75, 3.05) is 12.8 Å². The van der Waals surface area contributed by atoms with Gasteiger partial charge in [-0.3, -0.25) is 9.20 Å². The maximum Gasteiger partial charge on any atom is 0.264 e. The van der Waals surface area contributed by atoms with Crippen LogP contribution < -0.4 is 21.3 Å². The van der Waals surface area contributed by atoms with Crippen molar-refractivity contribution in [3.05, 3.63) is 87.7 Å². The summed E-state index contributed by atoms with van der Waals surface area (Å²) in [5.41, 5.74) is 11.1. The van der Waals surface area contributed by atoms with Crippen LogP contribution in [0.4, 0.5) is 10.2 Å². The van der Waals surface area contributed by atoms with Crippen LogP contribution in [-0.2, 0) is 0 Å². The summed E-state index contributed by atoms with van der Waals surface area (Å²) in [4.78, 5) is 23.9. The van der Waals surface area contributed by atoms with E-state index in [1.54, 1.807) is 16.5 Å². The number of aromatic nitrogens is 5. The van der Waals surface area contributed by atoms with Gasteiger partial charge in [-0.2, -0.15) is 5.10 Å². The quantitative estimate of drug-likeness (QED) is 0.264. The van der Waals surface area contributed by atoms with Gasteiger partial charge in [0, 0.05) is 16.6 Å². The van der Waals surface area contributed by atoms with Gasteiger partial charge >= 0.3 is 0 Å². The first-order valence-electron chi connectivity index (χ1n) is 13.2. The number of pyridine rings is 1. The zero-order chi connectivity index (χ0) is 28.4. The minimum absolute atomic E-state index is 0.0689. The number of nitrogens with two attached hydrogens (primary N) is 1. The highest BCUT2D eigenvalue weighted by Crippen LogP contribution is 2.47. The summed E-state index contributed by atoms with van der Waals surface area (Å²) in [5.74, 6) is 0.115.